The molecule has 8 heteroatoms. The summed E-state index contributed by atoms with van der Waals surface area (Å²) in [7, 11) is 4.83. The number of halogens is 1. The molecule has 2 aromatic carbocycles. The van der Waals surface area contributed by atoms with Gasteiger partial charge in [-0.3, -0.25) is 4.79 Å². The number of hydrogen-bond acceptors (Lipinski definition) is 6. The lowest BCUT2D eigenvalue weighted by molar-refractivity contribution is -0.123. The molecule has 0 radical (unpaired) electrons. The maximum atomic E-state index is 14.6. The number of aryl methyl sites for hydroxylation is 1. The molecule has 0 bridgehead atoms. The number of carbonyl (C=O) groups excluding carboxylic acids is 1. The van der Waals surface area contributed by atoms with Crippen molar-refractivity contribution in [3.63, 3.8) is 0 Å². The number of fused-ring (bicyclic) bond motifs is 1. The summed E-state index contributed by atoms with van der Waals surface area (Å²) >= 11 is 0. The number of ether oxygens (including phenoxy) is 2. The van der Waals surface area contributed by atoms with Gasteiger partial charge in [0.2, 0.25) is 11.8 Å². The van der Waals surface area contributed by atoms with Gasteiger partial charge in [-0.1, -0.05) is 24.3 Å². The highest BCUT2D eigenvalue weighted by Gasteiger charge is 2.22. The average Bonchev–Trinajstić information content (AvgIpc) is 3.11. The van der Waals surface area contributed by atoms with Gasteiger partial charge in [-0.2, -0.15) is 0 Å². The SMILES string of the molecule is COc1ncc(C2=C(c3ccc(OCCNC/C=C/C(=O)N(C)C)cc3)c3ccc(O)cc3CCC2)cc1F. The number of phenols is 1. The molecule has 0 fully saturated rings. The van der Waals surface area contributed by atoms with E-state index in [1.807, 2.05) is 30.3 Å². The van der Waals surface area contributed by atoms with Gasteiger partial charge in [-0.15, -0.1) is 0 Å². The molecule has 1 aliphatic rings. The van der Waals surface area contributed by atoms with Crippen LogP contribution in [0.3, 0.4) is 0 Å². The quantitative estimate of drug-likeness (QED) is 0.288. The molecule has 1 aromatic heterocycles. The molecule has 1 heterocycles. The lowest BCUT2D eigenvalue weighted by Gasteiger charge is -2.17. The van der Waals surface area contributed by atoms with Crippen molar-refractivity contribution in [2.75, 3.05) is 40.9 Å². The Hall–Kier alpha value is -4.17. The Bertz CT molecular complexity index is 1370. The first-order valence-corrected chi connectivity index (χ1v) is 12.9. The normalized spacial score (nSPS) is 13.2. The monoisotopic (exact) mass is 531 g/mol. The highest BCUT2D eigenvalue weighted by atomic mass is 19.1. The number of amides is 1. The third-order valence-electron chi connectivity index (χ3n) is 6.54. The summed E-state index contributed by atoms with van der Waals surface area (Å²) < 4.78 is 25.5. The lowest BCUT2D eigenvalue weighted by atomic mass is 9.88. The minimum atomic E-state index is -0.505. The Morgan fingerprint density at radius 2 is 1.92 bits per heavy atom. The molecule has 1 amide bonds. The lowest BCUT2D eigenvalue weighted by Crippen LogP contribution is -2.22. The second-order valence-corrected chi connectivity index (χ2v) is 9.48. The average molecular weight is 532 g/mol. The zero-order valence-corrected chi connectivity index (χ0v) is 22.5. The van der Waals surface area contributed by atoms with E-state index < -0.39 is 5.82 Å². The number of aromatic hydroxyl groups is 1. The van der Waals surface area contributed by atoms with Crippen LogP contribution in [0.15, 0.2) is 66.9 Å². The Morgan fingerprint density at radius 1 is 1.13 bits per heavy atom. The molecule has 0 unspecified atom stereocenters. The predicted molar refractivity (Wildman–Crippen MR) is 150 cm³/mol. The van der Waals surface area contributed by atoms with Crippen molar-refractivity contribution in [2.24, 2.45) is 0 Å². The number of aromatic nitrogens is 1. The van der Waals surface area contributed by atoms with Crippen LogP contribution in [0.4, 0.5) is 4.39 Å². The number of nitrogens with zero attached hydrogens (tertiary/aromatic N) is 2. The van der Waals surface area contributed by atoms with Crippen LogP contribution < -0.4 is 14.8 Å². The predicted octanol–water partition coefficient (Wildman–Crippen LogP) is 4.84. The van der Waals surface area contributed by atoms with Crippen molar-refractivity contribution in [3.8, 4) is 17.4 Å². The number of nitrogens with one attached hydrogen (secondary N) is 1. The standard InChI is InChI=1S/C31H34FN3O4/c1-35(2)29(37)8-5-15-33-16-17-39-25-12-9-21(10-13-25)30-26(23-19-28(32)31(38-3)34-20-23)7-4-6-22-18-24(36)11-14-27(22)30/h5,8-14,18-20,33,36H,4,6-7,15-17H2,1-3H3/b8-5+. The number of methoxy groups -OCH3 is 1. The van der Waals surface area contributed by atoms with E-state index in [0.29, 0.717) is 25.3 Å². The van der Waals surface area contributed by atoms with Crippen LogP contribution in [0.25, 0.3) is 11.1 Å². The van der Waals surface area contributed by atoms with E-state index >= 15 is 0 Å². The van der Waals surface area contributed by atoms with E-state index in [1.54, 1.807) is 44.6 Å². The number of rotatable bonds is 10. The molecule has 204 valence electrons. The zero-order chi connectivity index (χ0) is 27.8. The summed E-state index contributed by atoms with van der Waals surface area (Å²) in [6.07, 6.45) is 7.37. The summed E-state index contributed by atoms with van der Waals surface area (Å²) in [5.41, 5.74) is 5.71. The molecule has 39 heavy (non-hydrogen) atoms. The van der Waals surface area contributed by atoms with E-state index in [0.717, 1.165) is 52.8 Å². The number of hydrogen-bond donors (Lipinski definition) is 2. The molecular formula is C31H34FN3O4. The van der Waals surface area contributed by atoms with Crippen LogP contribution in [-0.4, -0.2) is 61.8 Å². The Morgan fingerprint density at radius 3 is 2.64 bits per heavy atom. The van der Waals surface area contributed by atoms with E-state index in [2.05, 4.69) is 10.3 Å². The van der Waals surface area contributed by atoms with Gasteiger partial charge in [-0.05, 0) is 83.0 Å². The van der Waals surface area contributed by atoms with Crippen LogP contribution in [-0.2, 0) is 11.2 Å². The number of allylic oxidation sites excluding steroid dienone is 1. The Balaban J connectivity index is 1.54. The highest BCUT2D eigenvalue weighted by Crippen LogP contribution is 2.41. The van der Waals surface area contributed by atoms with E-state index in [-0.39, 0.29) is 17.5 Å². The van der Waals surface area contributed by atoms with Crippen molar-refractivity contribution < 1.29 is 23.8 Å². The highest BCUT2D eigenvalue weighted by molar-refractivity contribution is 6.00. The molecule has 0 saturated heterocycles. The molecular weight excluding hydrogens is 497 g/mol. The molecule has 0 saturated carbocycles. The molecule has 0 atom stereocenters. The van der Waals surface area contributed by atoms with E-state index in [1.165, 1.54) is 18.1 Å². The fraction of sp³-hybridized carbons (Fsp3) is 0.290. The van der Waals surface area contributed by atoms with Gasteiger partial charge in [0.15, 0.2) is 5.82 Å². The van der Waals surface area contributed by atoms with Crippen molar-refractivity contribution in [1.29, 1.82) is 0 Å². The minimum Gasteiger partial charge on any atom is -0.508 e. The first-order valence-electron chi connectivity index (χ1n) is 12.9. The largest absolute Gasteiger partial charge is 0.508 e. The fourth-order valence-corrected chi connectivity index (χ4v) is 4.59. The molecule has 0 spiro atoms. The van der Waals surface area contributed by atoms with Gasteiger partial charge in [0.25, 0.3) is 0 Å². The van der Waals surface area contributed by atoms with Crippen molar-refractivity contribution in [1.82, 2.24) is 15.2 Å². The number of pyridine rings is 1. The summed E-state index contributed by atoms with van der Waals surface area (Å²) in [6, 6.07) is 14.7. The fourth-order valence-electron chi connectivity index (χ4n) is 4.59. The smallest absolute Gasteiger partial charge is 0.250 e. The molecule has 2 N–H and O–H groups in total. The van der Waals surface area contributed by atoms with Gasteiger partial charge in [0.05, 0.1) is 7.11 Å². The van der Waals surface area contributed by atoms with E-state index in [9.17, 15) is 14.3 Å². The number of carbonyl (C=O) groups is 1. The summed E-state index contributed by atoms with van der Waals surface area (Å²) in [4.78, 5) is 17.2. The third-order valence-corrected chi connectivity index (χ3v) is 6.54. The number of phenolic OH excluding ortho intramolecular Hbond substituents is 1. The van der Waals surface area contributed by atoms with Crippen LogP contribution in [0.1, 0.15) is 35.1 Å². The van der Waals surface area contributed by atoms with Gasteiger partial charge in [0, 0.05) is 39.5 Å². The first-order chi connectivity index (χ1) is 18.9. The molecule has 7 nitrogen and oxygen atoms in total. The topological polar surface area (TPSA) is 83.9 Å². The maximum Gasteiger partial charge on any atom is 0.250 e. The molecule has 1 aliphatic carbocycles. The van der Waals surface area contributed by atoms with Gasteiger partial charge >= 0.3 is 0 Å². The van der Waals surface area contributed by atoms with Crippen LogP contribution in [0.2, 0.25) is 0 Å². The van der Waals surface area contributed by atoms with Gasteiger partial charge < -0.3 is 24.8 Å². The molecule has 4 rings (SSSR count). The summed E-state index contributed by atoms with van der Waals surface area (Å²) in [5.74, 6) is 0.375. The number of benzene rings is 2. The van der Waals surface area contributed by atoms with Crippen molar-refractivity contribution in [2.45, 2.75) is 19.3 Å². The summed E-state index contributed by atoms with van der Waals surface area (Å²) in [5, 5.41) is 13.3. The van der Waals surface area contributed by atoms with Crippen molar-refractivity contribution >= 4 is 17.1 Å². The van der Waals surface area contributed by atoms with Crippen molar-refractivity contribution in [3.05, 3.63) is 95.0 Å². The van der Waals surface area contributed by atoms with E-state index in [4.69, 9.17) is 9.47 Å². The second-order valence-electron chi connectivity index (χ2n) is 9.48. The van der Waals surface area contributed by atoms with Crippen LogP contribution >= 0.6 is 0 Å². The van der Waals surface area contributed by atoms with Gasteiger partial charge in [-0.25, -0.2) is 9.37 Å². The maximum absolute atomic E-state index is 14.6. The molecule has 3 aromatic rings. The third kappa shape index (κ3) is 7.03. The Labute approximate surface area is 228 Å². The van der Waals surface area contributed by atoms with Gasteiger partial charge in [0.1, 0.15) is 18.1 Å². The zero-order valence-electron chi connectivity index (χ0n) is 22.5. The van der Waals surface area contributed by atoms with Crippen LogP contribution in [0, 0.1) is 5.82 Å². The Kier molecular flexibility index (Phi) is 9.33. The minimum absolute atomic E-state index is 0.0334. The number of likely N-dealkylation sites (N-methyl/N-ethyl adjacent to an activating group) is 1. The molecule has 0 aliphatic heterocycles. The second kappa shape index (κ2) is 13.1. The first kappa shape index (κ1) is 27.9. The summed E-state index contributed by atoms with van der Waals surface area (Å²) in [6.45, 7) is 1.68. The van der Waals surface area contributed by atoms with Crippen LogP contribution in [0.5, 0.6) is 17.4 Å².